The third-order valence-corrected chi connectivity index (χ3v) is 3.08. The van der Waals surface area contributed by atoms with Crippen LogP contribution in [0, 0.1) is 0 Å². The molecular weight excluding hydrogens is 136 g/mol. The smallest absolute Gasteiger partial charge is 0.0283 e. The highest BCUT2D eigenvalue weighted by Crippen LogP contribution is 2.33. The van der Waals surface area contributed by atoms with Gasteiger partial charge >= 0.3 is 0 Å². The van der Waals surface area contributed by atoms with Gasteiger partial charge in [-0.2, -0.15) is 0 Å². The Morgan fingerprint density at radius 2 is 2.09 bits per heavy atom. The summed E-state index contributed by atoms with van der Waals surface area (Å²) in [7, 11) is 2.21. The summed E-state index contributed by atoms with van der Waals surface area (Å²) in [4.78, 5) is 2.44. The molecule has 2 aliphatic rings. The van der Waals surface area contributed by atoms with Gasteiger partial charge < -0.3 is 10.6 Å². The monoisotopic (exact) mass is 154 g/mol. The standard InChI is InChI=1S/C9H18N2/c1-11(8-3-4-8)7-9(10)5-2-6-9/h8H,2-7,10H2,1H3. The minimum absolute atomic E-state index is 0.192. The highest BCUT2D eigenvalue weighted by Gasteiger charge is 2.37. The molecule has 2 fully saturated rings. The van der Waals surface area contributed by atoms with E-state index in [1.165, 1.54) is 32.1 Å². The number of nitrogens with zero attached hydrogens (tertiary/aromatic N) is 1. The molecule has 0 amide bonds. The molecule has 11 heavy (non-hydrogen) atoms. The molecule has 2 nitrogen and oxygen atoms in total. The lowest BCUT2D eigenvalue weighted by atomic mass is 9.77. The molecule has 2 heteroatoms. The molecule has 0 heterocycles. The lowest BCUT2D eigenvalue weighted by Crippen LogP contribution is -2.54. The molecule has 0 bridgehead atoms. The van der Waals surface area contributed by atoms with Gasteiger partial charge in [-0.15, -0.1) is 0 Å². The van der Waals surface area contributed by atoms with Crippen LogP contribution in [-0.2, 0) is 0 Å². The molecule has 0 spiro atoms. The van der Waals surface area contributed by atoms with Crippen molar-refractivity contribution in [1.82, 2.24) is 4.90 Å². The van der Waals surface area contributed by atoms with Crippen molar-refractivity contribution in [2.24, 2.45) is 5.73 Å². The van der Waals surface area contributed by atoms with E-state index < -0.39 is 0 Å². The van der Waals surface area contributed by atoms with Gasteiger partial charge in [-0.1, -0.05) is 0 Å². The van der Waals surface area contributed by atoms with E-state index in [1.54, 1.807) is 0 Å². The largest absolute Gasteiger partial charge is 0.324 e. The van der Waals surface area contributed by atoms with E-state index in [-0.39, 0.29) is 5.54 Å². The van der Waals surface area contributed by atoms with Crippen molar-refractivity contribution in [2.45, 2.75) is 43.7 Å². The Balaban J connectivity index is 1.78. The molecule has 0 aromatic rings. The topological polar surface area (TPSA) is 29.3 Å². The average molecular weight is 154 g/mol. The molecule has 64 valence electrons. The van der Waals surface area contributed by atoms with Crippen molar-refractivity contribution >= 4 is 0 Å². The Hall–Kier alpha value is -0.0800. The maximum Gasteiger partial charge on any atom is 0.0283 e. The second kappa shape index (κ2) is 2.46. The fourth-order valence-corrected chi connectivity index (χ4v) is 1.93. The summed E-state index contributed by atoms with van der Waals surface area (Å²) >= 11 is 0. The molecule has 2 saturated carbocycles. The minimum Gasteiger partial charge on any atom is -0.324 e. The first-order valence-electron chi connectivity index (χ1n) is 4.69. The Morgan fingerprint density at radius 1 is 1.45 bits per heavy atom. The Kier molecular flexibility index (Phi) is 1.69. The molecule has 0 unspecified atom stereocenters. The van der Waals surface area contributed by atoms with Gasteiger partial charge in [0.25, 0.3) is 0 Å². The second-order valence-corrected chi connectivity index (χ2v) is 4.36. The number of nitrogens with two attached hydrogens (primary N) is 1. The first-order valence-corrected chi connectivity index (χ1v) is 4.69. The third-order valence-electron chi connectivity index (χ3n) is 3.08. The fourth-order valence-electron chi connectivity index (χ4n) is 1.93. The fraction of sp³-hybridized carbons (Fsp3) is 1.00. The Morgan fingerprint density at radius 3 is 2.45 bits per heavy atom. The summed E-state index contributed by atoms with van der Waals surface area (Å²) in [6, 6.07) is 0.871. The summed E-state index contributed by atoms with van der Waals surface area (Å²) in [5.41, 5.74) is 6.32. The van der Waals surface area contributed by atoms with Gasteiger partial charge in [0, 0.05) is 18.1 Å². The molecule has 0 aromatic carbocycles. The summed E-state index contributed by atoms with van der Waals surface area (Å²) in [5, 5.41) is 0. The van der Waals surface area contributed by atoms with Gasteiger partial charge in [0.15, 0.2) is 0 Å². The highest BCUT2D eigenvalue weighted by atomic mass is 15.2. The second-order valence-electron chi connectivity index (χ2n) is 4.36. The van der Waals surface area contributed by atoms with E-state index in [1.807, 2.05) is 0 Å². The third kappa shape index (κ3) is 1.57. The van der Waals surface area contributed by atoms with Gasteiger partial charge in [-0.05, 0) is 39.2 Å². The zero-order valence-corrected chi connectivity index (χ0v) is 7.34. The van der Waals surface area contributed by atoms with E-state index in [4.69, 9.17) is 5.73 Å². The van der Waals surface area contributed by atoms with Crippen molar-refractivity contribution in [3.05, 3.63) is 0 Å². The van der Waals surface area contributed by atoms with Crippen molar-refractivity contribution < 1.29 is 0 Å². The summed E-state index contributed by atoms with van der Waals surface area (Å²) in [5.74, 6) is 0. The highest BCUT2D eigenvalue weighted by molar-refractivity contribution is 4.97. The van der Waals surface area contributed by atoms with E-state index >= 15 is 0 Å². The maximum atomic E-state index is 6.13. The zero-order valence-electron chi connectivity index (χ0n) is 7.34. The van der Waals surface area contributed by atoms with Gasteiger partial charge in [0.1, 0.15) is 0 Å². The van der Waals surface area contributed by atoms with Gasteiger partial charge in [-0.3, -0.25) is 0 Å². The van der Waals surface area contributed by atoms with Crippen LogP contribution in [0.1, 0.15) is 32.1 Å². The molecule has 2 rings (SSSR count). The lowest BCUT2D eigenvalue weighted by molar-refractivity contribution is 0.160. The maximum absolute atomic E-state index is 6.13. The number of likely N-dealkylation sites (N-methyl/N-ethyl adjacent to an activating group) is 1. The summed E-state index contributed by atoms with van der Waals surface area (Å²) < 4.78 is 0. The molecule has 2 N–H and O–H groups in total. The lowest BCUT2D eigenvalue weighted by Gasteiger charge is -2.41. The summed E-state index contributed by atoms with van der Waals surface area (Å²) in [6.45, 7) is 1.12. The minimum atomic E-state index is 0.192. The summed E-state index contributed by atoms with van der Waals surface area (Å²) in [6.07, 6.45) is 6.61. The molecule has 2 aliphatic carbocycles. The SMILES string of the molecule is CN(CC1(N)CCC1)C1CC1. The van der Waals surface area contributed by atoms with Crippen LogP contribution in [0.25, 0.3) is 0 Å². The van der Waals surface area contributed by atoms with Gasteiger partial charge in [-0.25, -0.2) is 0 Å². The number of rotatable bonds is 3. The Labute approximate surface area is 68.7 Å². The van der Waals surface area contributed by atoms with E-state index in [9.17, 15) is 0 Å². The molecule has 0 atom stereocenters. The van der Waals surface area contributed by atoms with Crippen molar-refractivity contribution in [1.29, 1.82) is 0 Å². The predicted molar refractivity (Wildman–Crippen MR) is 46.4 cm³/mol. The number of hydrogen-bond donors (Lipinski definition) is 1. The van der Waals surface area contributed by atoms with E-state index in [0.29, 0.717) is 0 Å². The molecule has 0 aromatic heterocycles. The van der Waals surface area contributed by atoms with Crippen LogP contribution in [0.2, 0.25) is 0 Å². The zero-order chi connectivity index (χ0) is 7.90. The van der Waals surface area contributed by atoms with Crippen LogP contribution < -0.4 is 5.73 Å². The van der Waals surface area contributed by atoms with Crippen LogP contribution in [0.3, 0.4) is 0 Å². The first-order chi connectivity index (χ1) is 5.20. The predicted octanol–water partition coefficient (Wildman–Crippen LogP) is 0.962. The van der Waals surface area contributed by atoms with Crippen molar-refractivity contribution in [3.8, 4) is 0 Å². The first kappa shape index (κ1) is 7.56. The van der Waals surface area contributed by atoms with Gasteiger partial charge in [0.05, 0.1) is 0 Å². The quantitative estimate of drug-likeness (QED) is 0.656. The molecule has 0 saturated heterocycles. The number of hydrogen-bond acceptors (Lipinski definition) is 2. The normalized spacial score (nSPS) is 28.6. The van der Waals surface area contributed by atoms with E-state index in [2.05, 4.69) is 11.9 Å². The van der Waals surface area contributed by atoms with Crippen molar-refractivity contribution in [3.63, 3.8) is 0 Å². The average Bonchev–Trinajstić information content (AvgIpc) is 2.64. The van der Waals surface area contributed by atoms with Crippen LogP contribution in [-0.4, -0.2) is 30.1 Å². The molecule has 0 aliphatic heterocycles. The molecule has 0 radical (unpaired) electrons. The van der Waals surface area contributed by atoms with E-state index in [0.717, 1.165) is 12.6 Å². The Bertz CT molecular complexity index is 148. The van der Waals surface area contributed by atoms with Crippen LogP contribution in [0.5, 0.6) is 0 Å². The van der Waals surface area contributed by atoms with Crippen LogP contribution >= 0.6 is 0 Å². The van der Waals surface area contributed by atoms with Gasteiger partial charge in [0.2, 0.25) is 0 Å². The molecular formula is C9H18N2. The van der Waals surface area contributed by atoms with Crippen molar-refractivity contribution in [2.75, 3.05) is 13.6 Å². The van der Waals surface area contributed by atoms with Crippen LogP contribution in [0.15, 0.2) is 0 Å². The van der Waals surface area contributed by atoms with Crippen LogP contribution in [0.4, 0.5) is 0 Å².